The Bertz CT molecular complexity index is 474. The van der Waals surface area contributed by atoms with Crippen LogP contribution < -0.4 is 5.32 Å². The average Bonchev–Trinajstić information content (AvgIpc) is 2.39. The number of carbonyl (C=O) groups is 2. The molecule has 1 aromatic rings. The van der Waals surface area contributed by atoms with Crippen LogP contribution in [0.25, 0.3) is 0 Å². The Morgan fingerprint density at radius 2 is 1.90 bits per heavy atom. The number of carboxylic acid groups (broad SMARTS) is 1. The number of amides is 1. The summed E-state index contributed by atoms with van der Waals surface area (Å²) in [7, 11) is 0. The molecule has 0 heterocycles. The number of carbonyl (C=O) groups excluding carboxylic acids is 1. The minimum atomic E-state index is -0.807. The van der Waals surface area contributed by atoms with Crippen molar-refractivity contribution in [2.45, 2.75) is 32.7 Å². The molecule has 0 fully saturated rings. The summed E-state index contributed by atoms with van der Waals surface area (Å²) in [6.07, 6.45) is 0.663. The van der Waals surface area contributed by atoms with E-state index in [0.717, 1.165) is 10.2 Å². The molecule has 0 aliphatic rings. The minimum absolute atomic E-state index is 0.0960. The van der Waals surface area contributed by atoms with Gasteiger partial charge in [-0.2, -0.15) is 0 Å². The maximum atomic E-state index is 12.0. The van der Waals surface area contributed by atoms with Crippen molar-refractivity contribution in [3.8, 4) is 0 Å². The molecule has 0 aliphatic heterocycles. The van der Waals surface area contributed by atoms with Gasteiger partial charge >= 0.3 is 5.97 Å². The van der Waals surface area contributed by atoms with E-state index < -0.39 is 5.97 Å². The van der Waals surface area contributed by atoms with Crippen LogP contribution >= 0.6 is 15.9 Å². The molecule has 0 aliphatic carbocycles. The molecule has 0 radical (unpaired) electrons. The average molecular weight is 357 g/mol. The van der Waals surface area contributed by atoms with Crippen LogP contribution in [0.4, 0.5) is 5.69 Å². The standard InChI is InChI=1S/C15H21BrN2O3/c1-11(2)18(9-3-4-15(20)21)10-14(19)17-13-7-5-12(16)6-8-13/h5-8,11H,3-4,9-10H2,1-2H3,(H,17,19)(H,20,21). The third-order valence-corrected chi connectivity index (χ3v) is 3.57. The number of aliphatic carboxylic acids is 1. The van der Waals surface area contributed by atoms with E-state index in [1.165, 1.54) is 0 Å². The molecule has 5 nitrogen and oxygen atoms in total. The van der Waals surface area contributed by atoms with Gasteiger partial charge in [-0.25, -0.2) is 0 Å². The van der Waals surface area contributed by atoms with Crippen molar-refractivity contribution in [3.63, 3.8) is 0 Å². The number of nitrogens with zero attached hydrogens (tertiary/aromatic N) is 1. The summed E-state index contributed by atoms with van der Waals surface area (Å²) >= 11 is 3.34. The minimum Gasteiger partial charge on any atom is -0.481 e. The number of hydrogen-bond donors (Lipinski definition) is 2. The zero-order chi connectivity index (χ0) is 15.8. The zero-order valence-corrected chi connectivity index (χ0v) is 13.9. The van der Waals surface area contributed by atoms with E-state index in [9.17, 15) is 9.59 Å². The van der Waals surface area contributed by atoms with E-state index in [1.807, 2.05) is 43.0 Å². The first kappa shape index (κ1) is 17.7. The van der Waals surface area contributed by atoms with Crippen molar-refractivity contribution >= 4 is 33.5 Å². The molecule has 21 heavy (non-hydrogen) atoms. The molecule has 1 rings (SSSR count). The second kappa shape index (κ2) is 8.79. The number of halogens is 1. The van der Waals surface area contributed by atoms with Gasteiger partial charge in [-0.05, 0) is 51.1 Å². The van der Waals surface area contributed by atoms with E-state index in [0.29, 0.717) is 13.0 Å². The number of rotatable bonds is 8. The molecular weight excluding hydrogens is 336 g/mol. The van der Waals surface area contributed by atoms with Crippen LogP contribution in [-0.4, -0.2) is 41.0 Å². The second-order valence-electron chi connectivity index (χ2n) is 5.12. The van der Waals surface area contributed by atoms with Crippen molar-refractivity contribution in [3.05, 3.63) is 28.7 Å². The number of anilines is 1. The molecule has 0 bridgehead atoms. The maximum Gasteiger partial charge on any atom is 0.303 e. The highest BCUT2D eigenvalue weighted by Gasteiger charge is 2.14. The predicted molar refractivity (Wildman–Crippen MR) is 86.4 cm³/mol. The highest BCUT2D eigenvalue weighted by molar-refractivity contribution is 9.10. The fraction of sp³-hybridized carbons (Fsp3) is 0.467. The maximum absolute atomic E-state index is 12.0. The molecule has 2 N–H and O–H groups in total. The molecule has 116 valence electrons. The van der Waals surface area contributed by atoms with Gasteiger partial charge in [0.15, 0.2) is 0 Å². The van der Waals surface area contributed by atoms with Crippen LogP contribution in [0.3, 0.4) is 0 Å². The Balaban J connectivity index is 2.48. The molecule has 0 saturated heterocycles. The summed E-state index contributed by atoms with van der Waals surface area (Å²) < 4.78 is 0.956. The topological polar surface area (TPSA) is 69.6 Å². The Hall–Kier alpha value is -1.40. The van der Waals surface area contributed by atoms with Gasteiger partial charge in [0.2, 0.25) is 5.91 Å². The number of benzene rings is 1. The van der Waals surface area contributed by atoms with Crippen LogP contribution in [0.15, 0.2) is 28.7 Å². The van der Waals surface area contributed by atoms with E-state index in [2.05, 4.69) is 21.2 Å². The molecule has 6 heteroatoms. The molecule has 0 unspecified atom stereocenters. The number of hydrogen-bond acceptors (Lipinski definition) is 3. The molecule has 0 aromatic heterocycles. The Morgan fingerprint density at radius 3 is 2.43 bits per heavy atom. The quantitative estimate of drug-likeness (QED) is 0.751. The molecule has 0 spiro atoms. The summed E-state index contributed by atoms with van der Waals surface area (Å²) in [4.78, 5) is 24.5. The lowest BCUT2D eigenvalue weighted by atomic mass is 10.2. The van der Waals surface area contributed by atoms with Gasteiger partial charge < -0.3 is 10.4 Å². The number of carboxylic acids is 1. The van der Waals surface area contributed by atoms with Gasteiger partial charge in [0.05, 0.1) is 6.54 Å². The Kier molecular flexibility index (Phi) is 7.39. The monoisotopic (exact) mass is 356 g/mol. The third-order valence-electron chi connectivity index (χ3n) is 3.04. The van der Waals surface area contributed by atoms with Crippen molar-refractivity contribution < 1.29 is 14.7 Å². The second-order valence-corrected chi connectivity index (χ2v) is 6.03. The van der Waals surface area contributed by atoms with E-state index in [-0.39, 0.29) is 24.9 Å². The number of nitrogens with one attached hydrogen (secondary N) is 1. The summed E-state index contributed by atoms with van der Waals surface area (Å²) in [6.45, 7) is 4.84. The van der Waals surface area contributed by atoms with Crippen LogP contribution in [0, 0.1) is 0 Å². The lowest BCUT2D eigenvalue weighted by molar-refractivity contribution is -0.137. The van der Waals surface area contributed by atoms with Crippen LogP contribution in [0.2, 0.25) is 0 Å². The Labute approximate surface area is 133 Å². The first-order valence-corrected chi connectivity index (χ1v) is 7.69. The first-order chi connectivity index (χ1) is 9.88. The van der Waals surface area contributed by atoms with Crippen molar-refractivity contribution in [2.24, 2.45) is 0 Å². The smallest absolute Gasteiger partial charge is 0.303 e. The highest BCUT2D eigenvalue weighted by Crippen LogP contribution is 2.14. The van der Waals surface area contributed by atoms with E-state index in [1.54, 1.807) is 0 Å². The van der Waals surface area contributed by atoms with Gasteiger partial charge in [0.25, 0.3) is 0 Å². The van der Waals surface area contributed by atoms with Crippen molar-refractivity contribution in [1.29, 1.82) is 0 Å². The van der Waals surface area contributed by atoms with Gasteiger partial charge in [0, 0.05) is 22.6 Å². The lowest BCUT2D eigenvalue weighted by Crippen LogP contribution is -2.38. The highest BCUT2D eigenvalue weighted by atomic mass is 79.9. The summed E-state index contributed by atoms with van der Waals surface area (Å²) in [5, 5.41) is 11.5. The largest absolute Gasteiger partial charge is 0.481 e. The van der Waals surface area contributed by atoms with Crippen LogP contribution in [0.5, 0.6) is 0 Å². The molecule has 1 amide bonds. The Morgan fingerprint density at radius 1 is 1.29 bits per heavy atom. The van der Waals surface area contributed by atoms with Gasteiger partial charge in [-0.3, -0.25) is 14.5 Å². The van der Waals surface area contributed by atoms with Crippen molar-refractivity contribution in [2.75, 3.05) is 18.4 Å². The molecule has 1 aromatic carbocycles. The fourth-order valence-corrected chi connectivity index (χ4v) is 2.14. The van der Waals surface area contributed by atoms with Crippen LogP contribution in [-0.2, 0) is 9.59 Å². The lowest BCUT2D eigenvalue weighted by Gasteiger charge is -2.25. The fourth-order valence-electron chi connectivity index (χ4n) is 1.87. The zero-order valence-electron chi connectivity index (χ0n) is 12.3. The van der Waals surface area contributed by atoms with E-state index in [4.69, 9.17) is 5.11 Å². The predicted octanol–water partition coefficient (Wildman–Crippen LogP) is 2.96. The van der Waals surface area contributed by atoms with Gasteiger partial charge in [0.1, 0.15) is 0 Å². The van der Waals surface area contributed by atoms with Crippen LogP contribution in [0.1, 0.15) is 26.7 Å². The summed E-state index contributed by atoms with van der Waals surface area (Å²) in [6, 6.07) is 7.57. The van der Waals surface area contributed by atoms with Crippen molar-refractivity contribution in [1.82, 2.24) is 4.90 Å². The molecular formula is C15H21BrN2O3. The van der Waals surface area contributed by atoms with Gasteiger partial charge in [-0.1, -0.05) is 15.9 Å². The first-order valence-electron chi connectivity index (χ1n) is 6.89. The van der Waals surface area contributed by atoms with Gasteiger partial charge in [-0.15, -0.1) is 0 Å². The molecule has 0 atom stereocenters. The molecule has 0 saturated carbocycles. The summed E-state index contributed by atoms with van der Waals surface area (Å²) in [5.74, 6) is -0.903. The van der Waals surface area contributed by atoms with E-state index >= 15 is 0 Å². The SMILES string of the molecule is CC(C)N(CCCC(=O)O)CC(=O)Nc1ccc(Br)cc1. The third kappa shape index (κ3) is 7.24. The normalized spacial score (nSPS) is 10.9. The summed E-state index contributed by atoms with van der Waals surface area (Å²) in [5.41, 5.74) is 0.748.